The number of rotatable bonds is 6. The van der Waals surface area contributed by atoms with Gasteiger partial charge in [-0.05, 0) is 12.8 Å². The molecule has 0 fully saturated rings. The van der Waals surface area contributed by atoms with Gasteiger partial charge in [0.2, 0.25) is 0 Å². The summed E-state index contributed by atoms with van der Waals surface area (Å²) in [5.41, 5.74) is 0. The molecule has 1 atom stereocenters. The largest absolute Gasteiger partial charge is 0.481 e. The van der Waals surface area contributed by atoms with Crippen LogP contribution in [0.25, 0.3) is 0 Å². The second-order valence-electron chi connectivity index (χ2n) is 2.28. The summed E-state index contributed by atoms with van der Waals surface area (Å²) in [7, 11) is 0. The standard InChI is InChI=1S/C8H12O3/c1-2-7(8(10)11)5-3-4-6-9/h2,6-7H,1,3-5H2,(H,10,11). The first-order chi connectivity index (χ1) is 5.22. The van der Waals surface area contributed by atoms with Gasteiger partial charge in [0.15, 0.2) is 0 Å². The van der Waals surface area contributed by atoms with Gasteiger partial charge in [-0.3, -0.25) is 4.79 Å². The molecule has 0 rings (SSSR count). The Bertz CT molecular complexity index is 151. The molecule has 1 N–H and O–H groups in total. The third-order valence-electron chi connectivity index (χ3n) is 1.44. The van der Waals surface area contributed by atoms with Gasteiger partial charge in [0.1, 0.15) is 6.29 Å². The fourth-order valence-corrected chi connectivity index (χ4v) is 0.763. The lowest BCUT2D eigenvalue weighted by atomic mass is 10.0. The van der Waals surface area contributed by atoms with Crippen molar-refractivity contribution in [1.29, 1.82) is 0 Å². The molecule has 11 heavy (non-hydrogen) atoms. The van der Waals surface area contributed by atoms with Gasteiger partial charge in [-0.1, -0.05) is 6.08 Å². The molecule has 0 bridgehead atoms. The second-order valence-corrected chi connectivity index (χ2v) is 2.28. The molecule has 0 aliphatic carbocycles. The molecule has 3 heteroatoms. The zero-order valence-electron chi connectivity index (χ0n) is 6.32. The molecule has 0 aliphatic heterocycles. The average Bonchev–Trinajstić information content (AvgIpc) is 1.97. The Kier molecular flexibility index (Phi) is 5.07. The van der Waals surface area contributed by atoms with Crippen LogP contribution in [0.15, 0.2) is 12.7 Å². The van der Waals surface area contributed by atoms with Crippen LogP contribution in [0.3, 0.4) is 0 Å². The van der Waals surface area contributed by atoms with Crippen LogP contribution in [0.4, 0.5) is 0 Å². The minimum Gasteiger partial charge on any atom is -0.481 e. The van der Waals surface area contributed by atoms with Crippen molar-refractivity contribution in [2.24, 2.45) is 5.92 Å². The average molecular weight is 156 g/mol. The highest BCUT2D eigenvalue weighted by atomic mass is 16.4. The van der Waals surface area contributed by atoms with Crippen LogP contribution in [0, 0.1) is 5.92 Å². The molecule has 62 valence electrons. The Labute approximate surface area is 65.7 Å². The summed E-state index contributed by atoms with van der Waals surface area (Å²) in [4.78, 5) is 20.2. The molecular formula is C8H12O3. The zero-order chi connectivity index (χ0) is 8.69. The van der Waals surface area contributed by atoms with E-state index >= 15 is 0 Å². The number of carboxylic acids is 1. The van der Waals surface area contributed by atoms with Gasteiger partial charge in [-0.2, -0.15) is 0 Å². The molecule has 0 amide bonds. The van der Waals surface area contributed by atoms with E-state index in [-0.39, 0.29) is 0 Å². The summed E-state index contributed by atoms with van der Waals surface area (Å²) in [6.07, 6.45) is 3.73. The summed E-state index contributed by atoms with van der Waals surface area (Å²) >= 11 is 0. The molecule has 0 aromatic heterocycles. The molecule has 0 saturated heterocycles. The SMILES string of the molecule is C=CC(CCCC=O)C(=O)O. The minimum atomic E-state index is -0.870. The maximum Gasteiger partial charge on any atom is 0.310 e. The molecular weight excluding hydrogens is 144 g/mol. The van der Waals surface area contributed by atoms with Crippen LogP contribution in [0.1, 0.15) is 19.3 Å². The minimum absolute atomic E-state index is 0.428. The molecule has 0 saturated carbocycles. The van der Waals surface area contributed by atoms with Crippen LogP contribution in [-0.4, -0.2) is 17.4 Å². The van der Waals surface area contributed by atoms with E-state index in [0.29, 0.717) is 19.3 Å². The van der Waals surface area contributed by atoms with Crippen LogP contribution in [-0.2, 0) is 9.59 Å². The van der Waals surface area contributed by atoms with E-state index in [4.69, 9.17) is 5.11 Å². The second kappa shape index (κ2) is 5.65. The number of unbranched alkanes of at least 4 members (excludes halogenated alkanes) is 1. The van der Waals surface area contributed by atoms with Crippen LogP contribution in [0.5, 0.6) is 0 Å². The van der Waals surface area contributed by atoms with E-state index in [1.165, 1.54) is 6.08 Å². The smallest absolute Gasteiger partial charge is 0.310 e. The van der Waals surface area contributed by atoms with E-state index in [1.807, 2.05) is 0 Å². The highest BCUT2D eigenvalue weighted by Crippen LogP contribution is 2.08. The predicted octanol–water partition coefficient (Wildman–Crippen LogP) is 1.24. The molecule has 0 heterocycles. The Hall–Kier alpha value is -1.12. The van der Waals surface area contributed by atoms with Gasteiger partial charge in [0, 0.05) is 6.42 Å². The van der Waals surface area contributed by atoms with E-state index < -0.39 is 11.9 Å². The van der Waals surface area contributed by atoms with Gasteiger partial charge in [-0.25, -0.2) is 0 Å². The zero-order valence-corrected chi connectivity index (χ0v) is 6.32. The molecule has 0 radical (unpaired) electrons. The fraction of sp³-hybridized carbons (Fsp3) is 0.500. The van der Waals surface area contributed by atoms with Crippen molar-refractivity contribution in [3.8, 4) is 0 Å². The number of hydrogen-bond donors (Lipinski definition) is 1. The van der Waals surface area contributed by atoms with Crippen molar-refractivity contribution in [2.45, 2.75) is 19.3 Å². The number of carbonyl (C=O) groups is 2. The predicted molar refractivity (Wildman–Crippen MR) is 41.2 cm³/mol. The number of aliphatic carboxylic acids is 1. The first-order valence-corrected chi connectivity index (χ1v) is 3.51. The first kappa shape index (κ1) is 9.88. The van der Waals surface area contributed by atoms with E-state index in [1.54, 1.807) is 0 Å². The third-order valence-corrected chi connectivity index (χ3v) is 1.44. The molecule has 0 aromatic carbocycles. The van der Waals surface area contributed by atoms with Gasteiger partial charge < -0.3 is 9.90 Å². The van der Waals surface area contributed by atoms with Crippen LogP contribution in [0.2, 0.25) is 0 Å². The van der Waals surface area contributed by atoms with Gasteiger partial charge in [0.25, 0.3) is 0 Å². The van der Waals surface area contributed by atoms with Crippen molar-refractivity contribution in [1.82, 2.24) is 0 Å². The topological polar surface area (TPSA) is 54.4 Å². The van der Waals surface area contributed by atoms with Gasteiger partial charge in [-0.15, -0.1) is 6.58 Å². The Balaban J connectivity index is 3.60. The molecule has 0 aliphatic rings. The quantitative estimate of drug-likeness (QED) is 0.357. The van der Waals surface area contributed by atoms with E-state index in [9.17, 15) is 9.59 Å². The maximum atomic E-state index is 10.4. The molecule has 0 aromatic rings. The van der Waals surface area contributed by atoms with Gasteiger partial charge in [0.05, 0.1) is 5.92 Å². The van der Waals surface area contributed by atoms with E-state index in [0.717, 1.165) is 6.29 Å². The summed E-state index contributed by atoms with van der Waals surface area (Å²) in [6, 6.07) is 0. The fourth-order valence-electron chi connectivity index (χ4n) is 0.763. The number of hydrogen-bond acceptors (Lipinski definition) is 2. The Morgan fingerprint density at radius 2 is 2.27 bits per heavy atom. The van der Waals surface area contributed by atoms with Crippen molar-refractivity contribution < 1.29 is 14.7 Å². The van der Waals surface area contributed by atoms with Crippen molar-refractivity contribution >= 4 is 12.3 Å². The third kappa shape index (κ3) is 4.31. The summed E-state index contributed by atoms with van der Waals surface area (Å²) in [5, 5.41) is 8.51. The lowest BCUT2D eigenvalue weighted by Gasteiger charge is -2.03. The van der Waals surface area contributed by atoms with Gasteiger partial charge >= 0.3 is 5.97 Å². The van der Waals surface area contributed by atoms with Crippen LogP contribution >= 0.6 is 0 Å². The Morgan fingerprint density at radius 1 is 1.64 bits per heavy atom. The summed E-state index contributed by atoms with van der Waals surface area (Å²) in [5.74, 6) is -1.37. The molecule has 1 unspecified atom stereocenters. The Morgan fingerprint density at radius 3 is 2.64 bits per heavy atom. The summed E-state index contributed by atoms with van der Waals surface area (Å²) < 4.78 is 0. The lowest BCUT2D eigenvalue weighted by Crippen LogP contribution is -2.10. The number of aldehydes is 1. The lowest BCUT2D eigenvalue weighted by molar-refractivity contribution is -0.140. The van der Waals surface area contributed by atoms with Crippen molar-refractivity contribution in [2.75, 3.05) is 0 Å². The van der Waals surface area contributed by atoms with Crippen molar-refractivity contribution in [3.63, 3.8) is 0 Å². The first-order valence-electron chi connectivity index (χ1n) is 3.51. The maximum absolute atomic E-state index is 10.4. The van der Waals surface area contributed by atoms with Crippen LogP contribution < -0.4 is 0 Å². The summed E-state index contributed by atoms with van der Waals surface area (Å²) in [6.45, 7) is 3.39. The highest BCUT2D eigenvalue weighted by molar-refractivity contribution is 5.71. The highest BCUT2D eigenvalue weighted by Gasteiger charge is 2.11. The van der Waals surface area contributed by atoms with E-state index in [2.05, 4.69) is 6.58 Å². The number of carbonyl (C=O) groups excluding carboxylic acids is 1. The molecule has 0 spiro atoms. The van der Waals surface area contributed by atoms with Crippen molar-refractivity contribution in [3.05, 3.63) is 12.7 Å². The normalized spacial score (nSPS) is 12.0. The monoisotopic (exact) mass is 156 g/mol. The molecule has 3 nitrogen and oxygen atoms in total. The number of carboxylic acid groups (broad SMARTS) is 1.